The van der Waals surface area contributed by atoms with Crippen LogP contribution in [0.25, 0.3) is 44.6 Å². The number of ether oxygens (including phenoxy) is 1. The van der Waals surface area contributed by atoms with Crippen molar-refractivity contribution in [2.24, 2.45) is 24.6 Å². The number of rotatable bonds is 6. The van der Waals surface area contributed by atoms with E-state index in [1.165, 1.54) is 6.07 Å². The van der Waals surface area contributed by atoms with Crippen molar-refractivity contribution >= 4 is 43.8 Å². The Labute approximate surface area is 271 Å². The number of carbonyl (C=O) groups excluding carboxylic acids is 2. The third kappa shape index (κ3) is 4.27. The van der Waals surface area contributed by atoms with Crippen molar-refractivity contribution in [1.82, 2.24) is 23.7 Å². The van der Waals surface area contributed by atoms with E-state index in [0.717, 1.165) is 71.3 Å². The first-order valence-corrected chi connectivity index (χ1v) is 17.6. The van der Waals surface area contributed by atoms with Crippen LogP contribution < -0.4 is 15.2 Å². The lowest BCUT2D eigenvalue weighted by molar-refractivity contribution is 0.0700. The van der Waals surface area contributed by atoms with Crippen molar-refractivity contribution in [3.05, 3.63) is 65.7 Å². The van der Waals surface area contributed by atoms with Crippen LogP contribution in [-0.4, -0.2) is 65.0 Å². The number of methoxy groups -OCH3 is 1. The molecular weight excluding hydrogens is 616 g/mol. The molecule has 12 heteroatoms. The first-order chi connectivity index (χ1) is 22.6. The molecule has 0 spiro atoms. The number of aromatic nitrogens is 3. The summed E-state index contributed by atoms with van der Waals surface area (Å²) in [5.74, 6) is 1.65. The summed E-state index contributed by atoms with van der Waals surface area (Å²) in [6, 6.07) is 17.0. The quantitative estimate of drug-likeness (QED) is 0.280. The average Bonchev–Trinajstić information content (AvgIpc) is 3.32. The van der Waals surface area contributed by atoms with Crippen LogP contribution >= 0.6 is 0 Å². The van der Waals surface area contributed by atoms with Crippen molar-refractivity contribution in [2.45, 2.75) is 49.2 Å². The van der Waals surface area contributed by atoms with Crippen molar-refractivity contribution in [1.29, 1.82) is 0 Å². The van der Waals surface area contributed by atoms with E-state index in [-0.39, 0.29) is 28.4 Å². The lowest BCUT2D eigenvalue weighted by Crippen LogP contribution is -2.41. The summed E-state index contributed by atoms with van der Waals surface area (Å²) in [6.45, 7) is 1.52. The molecular formula is C35H34N6O5S. The van der Waals surface area contributed by atoms with E-state index in [1.54, 1.807) is 19.2 Å². The van der Waals surface area contributed by atoms with Gasteiger partial charge >= 0.3 is 0 Å². The van der Waals surface area contributed by atoms with Crippen LogP contribution in [0.3, 0.4) is 0 Å². The molecule has 47 heavy (non-hydrogen) atoms. The zero-order chi connectivity index (χ0) is 32.4. The summed E-state index contributed by atoms with van der Waals surface area (Å²) in [6.07, 6.45) is 4.35. The molecule has 0 unspecified atom stereocenters. The van der Waals surface area contributed by atoms with Gasteiger partial charge in [0.1, 0.15) is 16.2 Å². The molecule has 3 fully saturated rings. The second kappa shape index (κ2) is 9.91. The van der Waals surface area contributed by atoms with E-state index < -0.39 is 15.9 Å². The van der Waals surface area contributed by atoms with Gasteiger partial charge < -0.3 is 24.5 Å². The van der Waals surface area contributed by atoms with Crippen LogP contribution in [0.1, 0.15) is 46.4 Å². The van der Waals surface area contributed by atoms with Gasteiger partial charge in [-0.25, -0.2) is 18.1 Å². The molecule has 2 aliphatic heterocycles. The molecule has 3 aromatic carbocycles. The number of nitrogens with two attached hydrogens (primary N) is 1. The van der Waals surface area contributed by atoms with Gasteiger partial charge in [0.25, 0.3) is 21.8 Å². The molecule has 4 heterocycles. The van der Waals surface area contributed by atoms with E-state index in [0.29, 0.717) is 35.2 Å². The zero-order valence-electron chi connectivity index (χ0n) is 26.1. The Kier molecular flexibility index (Phi) is 6.02. The van der Waals surface area contributed by atoms with Gasteiger partial charge in [-0.1, -0.05) is 18.2 Å². The van der Waals surface area contributed by atoms with E-state index in [2.05, 4.69) is 27.5 Å². The van der Waals surface area contributed by atoms with E-state index >= 15 is 0 Å². The maximum atomic E-state index is 13.7. The van der Waals surface area contributed by atoms with Crippen LogP contribution in [0, 0.1) is 11.8 Å². The fraction of sp³-hybridized carbons (Fsp3) is 0.343. The topological polar surface area (TPSA) is 142 Å². The van der Waals surface area contributed by atoms with E-state index in [9.17, 15) is 18.0 Å². The molecule has 240 valence electrons. The van der Waals surface area contributed by atoms with Crippen molar-refractivity contribution in [2.75, 3.05) is 13.7 Å². The van der Waals surface area contributed by atoms with Crippen molar-refractivity contribution in [3.63, 3.8) is 0 Å². The molecule has 3 atom stereocenters. The Morgan fingerprint density at radius 1 is 1.04 bits per heavy atom. The van der Waals surface area contributed by atoms with Gasteiger partial charge in [0.15, 0.2) is 5.82 Å². The highest BCUT2D eigenvalue weighted by molar-refractivity contribution is 7.90. The normalized spacial score (nSPS) is 22.7. The van der Waals surface area contributed by atoms with E-state index in [1.807, 2.05) is 34.7 Å². The number of nitrogens with one attached hydrogen (secondary N) is 1. The maximum Gasteiger partial charge on any atom is 0.266 e. The Morgan fingerprint density at radius 2 is 1.83 bits per heavy atom. The molecule has 4 aliphatic rings. The molecule has 2 aromatic heterocycles. The number of fused-ring (bicyclic) bond motifs is 5. The molecule has 9 rings (SSSR count). The Bertz CT molecular complexity index is 2300. The van der Waals surface area contributed by atoms with Gasteiger partial charge in [0, 0.05) is 48.7 Å². The number of imidazole rings is 1. The minimum Gasteiger partial charge on any atom is -0.494 e. The number of amides is 2. The molecule has 1 saturated heterocycles. The van der Waals surface area contributed by atoms with Gasteiger partial charge in [-0.2, -0.15) is 0 Å². The summed E-state index contributed by atoms with van der Waals surface area (Å²) in [7, 11) is -0.222. The second-order valence-electron chi connectivity index (χ2n) is 13.5. The zero-order valence-corrected chi connectivity index (χ0v) is 26.9. The molecule has 2 amide bonds. The molecule has 5 aromatic rings. The first-order valence-electron chi connectivity index (χ1n) is 16.1. The third-order valence-corrected chi connectivity index (χ3v) is 12.0. The number of likely N-dealkylation sites (tertiary alicyclic amines) is 1. The SMILES string of the molecule is COc1cc(C(=O)N2C[C@H]3CC[C@@H]2[C@@H]3N)cc2nc(-c3cc4ccc(-c5ccc6c(c5)C(=O)NS6(=O)=O)cc4n3CC3CC3)n(C)c12. The van der Waals surface area contributed by atoms with Crippen LogP contribution in [0.4, 0.5) is 0 Å². The van der Waals surface area contributed by atoms with Crippen LogP contribution in [0.15, 0.2) is 59.5 Å². The summed E-state index contributed by atoms with van der Waals surface area (Å²) in [4.78, 5) is 33.2. The fourth-order valence-electron chi connectivity index (χ4n) is 7.99. The second-order valence-corrected chi connectivity index (χ2v) is 15.1. The van der Waals surface area contributed by atoms with Gasteiger partial charge in [-0.15, -0.1) is 0 Å². The lowest BCUT2D eigenvalue weighted by Gasteiger charge is -2.27. The molecule has 2 aliphatic carbocycles. The smallest absolute Gasteiger partial charge is 0.266 e. The number of nitrogens with zero attached hydrogens (tertiary/aromatic N) is 4. The monoisotopic (exact) mass is 650 g/mol. The molecule has 2 saturated carbocycles. The molecule has 3 N–H and O–H groups in total. The number of hydrogen-bond acceptors (Lipinski definition) is 7. The fourth-order valence-corrected chi connectivity index (χ4v) is 9.15. The first kappa shape index (κ1) is 28.5. The number of benzene rings is 3. The highest BCUT2D eigenvalue weighted by atomic mass is 32.2. The van der Waals surface area contributed by atoms with Crippen LogP contribution in [-0.2, 0) is 23.6 Å². The largest absolute Gasteiger partial charge is 0.494 e. The predicted octanol–water partition coefficient (Wildman–Crippen LogP) is 4.27. The predicted molar refractivity (Wildman–Crippen MR) is 177 cm³/mol. The van der Waals surface area contributed by atoms with Gasteiger partial charge in [-0.3, -0.25) is 9.59 Å². The standard InChI is InChI=1S/C35H34N6O5S/c1-39-32-25(12-23(15-29(32)46-2)35(43)41-17-22-7-9-26(41)31(22)36)37-33(39)28-14-21-6-5-20(13-27(21)40(28)16-18-3-4-18)19-8-10-30-24(11-19)34(42)38-47(30,44)45/h5-6,8,10-15,18,22,26,31H,3-4,7,9,16-17,36H2,1-2H3,(H,38,42)/t22-,26-,31-/m1/s1. The van der Waals surface area contributed by atoms with Gasteiger partial charge in [0.2, 0.25) is 0 Å². The Morgan fingerprint density at radius 3 is 2.55 bits per heavy atom. The Hall–Kier alpha value is -4.68. The molecule has 0 radical (unpaired) electrons. The van der Waals surface area contributed by atoms with Crippen LogP contribution in [0.2, 0.25) is 0 Å². The lowest BCUT2D eigenvalue weighted by atomic mass is 10.0. The average molecular weight is 651 g/mol. The summed E-state index contributed by atoms with van der Waals surface area (Å²) in [5, 5.41) is 1.04. The summed E-state index contributed by atoms with van der Waals surface area (Å²) >= 11 is 0. The van der Waals surface area contributed by atoms with Gasteiger partial charge in [-0.05, 0) is 85.0 Å². The summed E-state index contributed by atoms with van der Waals surface area (Å²) < 4.78 is 36.8. The number of piperidine rings is 1. The maximum absolute atomic E-state index is 13.7. The highest BCUT2D eigenvalue weighted by Gasteiger charge is 2.47. The van der Waals surface area contributed by atoms with Crippen molar-refractivity contribution in [3.8, 4) is 28.4 Å². The highest BCUT2D eigenvalue weighted by Crippen LogP contribution is 2.41. The number of carbonyl (C=O) groups is 2. The van der Waals surface area contributed by atoms with Crippen LogP contribution in [0.5, 0.6) is 5.75 Å². The number of aryl methyl sites for hydroxylation is 1. The minimum absolute atomic E-state index is 0.00472. The number of sulfonamides is 1. The van der Waals surface area contributed by atoms with Gasteiger partial charge in [0.05, 0.1) is 23.9 Å². The summed E-state index contributed by atoms with van der Waals surface area (Å²) in [5.41, 5.74) is 12.2. The number of hydrogen-bond donors (Lipinski definition) is 2. The van der Waals surface area contributed by atoms with E-state index in [4.69, 9.17) is 15.5 Å². The molecule has 2 bridgehead atoms. The Balaban J connectivity index is 1.15. The minimum atomic E-state index is -3.81. The van der Waals surface area contributed by atoms with Crippen molar-refractivity contribution < 1.29 is 22.7 Å². The molecule has 11 nitrogen and oxygen atoms in total. The third-order valence-electron chi connectivity index (χ3n) is 10.7.